The summed E-state index contributed by atoms with van der Waals surface area (Å²) in [5.74, 6) is 1.72. The molecule has 1 fully saturated rings. The fourth-order valence-electron chi connectivity index (χ4n) is 3.00. The van der Waals surface area contributed by atoms with Crippen LogP contribution >= 0.6 is 24.0 Å². The van der Waals surface area contributed by atoms with Crippen molar-refractivity contribution in [2.24, 2.45) is 10.9 Å². The number of piperidine rings is 1. The summed E-state index contributed by atoms with van der Waals surface area (Å²) in [4.78, 5) is 18.6. The lowest BCUT2D eigenvalue weighted by molar-refractivity contribution is -0.146. The maximum absolute atomic E-state index is 11.6. The summed E-state index contributed by atoms with van der Waals surface area (Å²) in [6, 6.07) is 8.09. The van der Waals surface area contributed by atoms with Gasteiger partial charge in [-0.15, -0.1) is 24.0 Å². The molecule has 0 atom stereocenters. The topological polar surface area (TPSA) is 63.2 Å². The molecule has 0 amide bonds. The summed E-state index contributed by atoms with van der Waals surface area (Å²) < 4.78 is 10.0. The maximum atomic E-state index is 11.6. The van der Waals surface area contributed by atoms with E-state index in [9.17, 15) is 4.79 Å². The van der Waals surface area contributed by atoms with Gasteiger partial charge in [0, 0.05) is 26.2 Å². The summed E-state index contributed by atoms with van der Waals surface area (Å²) in [5, 5.41) is 3.35. The number of nitrogens with zero attached hydrogens (tertiary/aromatic N) is 2. The molecule has 1 heterocycles. The predicted molar refractivity (Wildman–Crippen MR) is 114 cm³/mol. The molecule has 0 unspecified atom stereocenters. The summed E-state index contributed by atoms with van der Waals surface area (Å²) in [7, 11) is 3.13. The van der Waals surface area contributed by atoms with E-state index in [0.29, 0.717) is 0 Å². The smallest absolute Gasteiger partial charge is 0.308 e. The number of nitrogens with one attached hydrogen (secondary N) is 1. The largest absolute Gasteiger partial charge is 0.497 e. The molecule has 146 valence electrons. The van der Waals surface area contributed by atoms with Gasteiger partial charge in [-0.1, -0.05) is 12.1 Å². The van der Waals surface area contributed by atoms with E-state index in [0.717, 1.165) is 57.2 Å². The predicted octanol–water partition coefficient (Wildman–Crippen LogP) is 2.71. The fourth-order valence-corrected chi connectivity index (χ4v) is 3.00. The standard InChI is InChI=1S/C19H29N3O3.HI/c1-4-20-19(22-13-10-16(11-14-22)18(23)25-3)21-12-9-15-5-7-17(24-2)8-6-15;/h5-8,16H,4,9-14H2,1-3H3,(H,20,21);1H. The van der Waals surface area contributed by atoms with E-state index in [1.54, 1.807) is 7.11 Å². The maximum Gasteiger partial charge on any atom is 0.308 e. The van der Waals surface area contributed by atoms with Crippen LogP contribution in [-0.4, -0.2) is 57.2 Å². The van der Waals surface area contributed by atoms with E-state index in [2.05, 4.69) is 29.3 Å². The van der Waals surface area contributed by atoms with Crippen molar-refractivity contribution in [1.82, 2.24) is 10.2 Å². The van der Waals surface area contributed by atoms with Crippen molar-refractivity contribution >= 4 is 35.9 Å². The molecule has 1 N–H and O–H groups in total. The van der Waals surface area contributed by atoms with E-state index < -0.39 is 0 Å². The SMILES string of the molecule is CCNC(=NCCc1ccc(OC)cc1)N1CCC(C(=O)OC)CC1.I. The summed E-state index contributed by atoms with van der Waals surface area (Å²) in [5.41, 5.74) is 1.24. The van der Waals surface area contributed by atoms with Gasteiger partial charge in [0.2, 0.25) is 0 Å². The van der Waals surface area contributed by atoms with Gasteiger partial charge in [0.05, 0.1) is 20.1 Å². The van der Waals surface area contributed by atoms with Gasteiger partial charge >= 0.3 is 5.97 Å². The third kappa shape index (κ3) is 6.66. The van der Waals surface area contributed by atoms with Crippen molar-refractivity contribution in [3.05, 3.63) is 29.8 Å². The van der Waals surface area contributed by atoms with Gasteiger partial charge in [-0.3, -0.25) is 9.79 Å². The average Bonchev–Trinajstić information content (AvgIpc) is 2.67. The quantitative estimate of drug-likeness (QED) is 0.297. The molecule has 1 saturated heterocycles. The Hall–Kier alpha value is -1.51. The minimum Gasteiger partial charge on any atom is -0.497 e. The Kier molecular flexibility index (Phi) is 10.4. The zero-order chi connectivity index (χ0) is 18.1. The molecule has 0 radical (unpaired) electrons. The first-order valence-corrected chi connectivity index (χ1v) is 8.92. The number of carbonyl (C=O) groups is 1. The number of guanidine groups is 1. The highest BCUT2D eigenvalue weighted by atomic mass is 127. The summed E-state index contributed by atoms with van der Waals surface area (Å²) in [6.07, 6.45) is 2.52. The van der Waals surface area contributed by atoms with Crippen molar-refractivity contribution < 1.29 is 14.3 Å². The number of likely N-dealkylation sites (tertiary alicyclic amines) is 1. The average molecular weight is 475 g/mol. The molecule has 1 aliphatic rings. The van der Waals surface area contributed by atoms with Gasteiger partial charge < -0.3 is 19.7 Å². The van der Waals surface area contributed by atoms with Gasteiger partial charge in [-0.2, -0.15) is 0 Å². The van der Waals surface area contributed by atoms with E-state index in [1.807, 2.05) is 12.1 Å². The van der Waals surface area contributed by atoms with Crippen LogP contribution < -0.4 is 10.1 Å². The first-order valence-electron chi connectivity index (χ1n) is 8.92. The number of halogens is 1. The van der Waals surface area contributed by atoms with Gasteiger partial charge in [-0.05, 0) is 43.9 Å². The minimum atomic E-state index is -0.0962. The van der Waals surface area contributed by atoms with Crippen LogP contribution in [0, 0.1) is 5.92 Å². The van der Waals surface area contributed by atoms with Crippen LogP contribution in [0.5, 0.6) is 5.75 Å². The Bertz CT molecular complexity index is 570. The number of methoxy groups -OCH3 is 2. The second kappa shape index (κ2) is 12.0. The van der Waals surface area contributed by atoms with Crippen LogP contribution in [-0.2, 0) is 16.0 Å². The van der Waals surface area contributed by atoms with E-state index >= 15 is 0 Å². The first-order chi connectivity index (χ1) is 12.2. The highest BCUT2D eigenvalue weighted by Crippen LogP contribution is 2.18. The molecule has 6 nitrogen and oxygen atoms in total. The second-order valence-electron chi connectivity index (χ2n) is 6.12. The fraction of sp³-hybridized carbons (Fsp3) is 0.579. The van der Waals surface area contributed by atoms with Crippen LogP contribution in [0.2, 0.25) is 0 Å². The van der Waals surface area contributed by atoms with Gasteiger partial charge in [0.15, 0.2) is 5.96 Å². The molecule has 0 bridgehead atoms. The van der Waals surface area contributed by atoms with Crippen LogP contribution in [0.1, 0.15) is 25.3 Å². The van der Waals surface area contributed by atoms with E-state index in [4.69, 9.17) is 14.5 Å². The normalized spacial score (nSPS) is 15.2. The molecule has 0 saturated carbocycles. The molecule has 0 aliphatic carbocycles. The Morgan fingerprint density at radius 3 is 2.42 bits per heavy atom. The molecule has 1 aromatic carbocycles. The molecule has 0 aromatic heterocycles. The van der Waals surface area contributed by atoms with Crippen molar-refractivity contribution in [3.8, 4) is 5.75 Å². The molecule has 7 heteroatoms. The van der Waals surface area contributed by atoms with Crippen LogP contribution in [0.4, 0.5) is 0 Å². The lowest BCUT2D eigenvalue weighted by atomic mass is 9.97. The monoisotopic (exact) mass is 475 g/mol. The van der Waals surface area contributed by atoms with Crippen molar-refractivity contribution in [3.63, 3.8) is 0 Å². The third-order valence-electron chi connectivity index (χ3n) is 4.49. The number of ether oxygens (including phenoxy) is 2. The molecule has 0 spiro atoms. The number of carbonyl (C=O) groups excluding carboxylic acids is 1. The Morgan fingerprint density at radius 1 is 1.23 bits per heavy atom. The van der Waals surface area contributed by atoms with E-state index in [1.165, 1.54) is 12.7 Å². The second-order valence-corrected chi connectivity index (χ2v) is 6.12. The third-order valence-corrected chi connectivity index (χ3v) is 4.49. The Labute approximate surface area is 173 Å². The number of esters is 1. The molecule has 2 rings (SSSR count). The van der Waals surface area contributed by atoms with Crippen LogP contribution in [0.3, 0.4) is 0 Å². The van der Waals surface area contributed by atoms with Gasteiger partial charge in [-0.25, -0.2) is 0 Å². The van der Waals surface area contributed by atoms with Gasteiger partial charge in [0.1, 0.15) is 5.75 Å². The Morgan fingerprint density at radius 2 is 1.88 bits per heavy atom. The molecule has 26 heavy (non-hydrogen) atoms. The van der Waals surface area contributed by atoms with Crippen molar-refractivity contribution in [1.29, 1.82) is 0 Å². The number of rotatable bonds is 6. The van der Waals surface area contributed by atoms with Gasteiger partial charge in [0.25, 0.3) is 0 Å². The molecular formula is C19H30IN3O3. The lowest BCUT2D eigenvalue weighted by Crippen LogP contribution is -2.46. The van der Waals surface area contributed by atoms with E-state index in [-0.39, 0.29) is 35.9 Å². The zero-order valence-electron chi connectivity index (χ0n) is 15.9. The van der Waals surface area contributed by atoms with Crippen LogP contribution in [0.25, 0.3) is 0 Å². The Balaban J connectivity index is 0.00000338. The van der Waals surface area contributed by atoms with Crippen molar-refractivity contribution in [2.75, 3.05) is 40.4 Å². The summed E-state index contributed by atoms with van der Waals surface area (Å²) in [6.45, 7) is 5.28. The lowest BCUT2D eigenvalue weighted by Gasteiger charge is -2.33. The minimum absolute atomic E-state index is 0. The summed E-state index contributed by atoms with van der Waals surface area (Å²) >= 11 is 0. The molecule has 1 aromatic rings. The van der Waals surface area contributed by atoms with Crippen molar-refractivity contribution in [2.45, 2.75) is 26.2 Å². The molecular weight excluding hydrogens is 445 g/mol. The molecule has 1 aliphatic heterocycles. The number of hydrogen-bond donors (Lipinski definition) is 1. The van der Waals surface area contributed by atoms with Crippen LogP contribution in [0.15, 0.2) is 29.3 Å². The zero-order valence-corrected chi connectivity index (χ0v) is 18.2. The highest BCUT2D eigenvalue weighted by molar-refractivity contribution is 14.0. The number of aliphatic imine (C=N–C) groups is 1. The number of benzene rings is 1. The first kappa shape index (κ1) is 22.5. The highest BCUT2D eigenvalue weighted by Gasteiger charge is 2.26. The number of hydrogen-bond acceptors (Lipinski definition) is 4.